The second-order valence-electron chi connectivity index (χ2n) is 9.17. The molecule has 1 aliphatic heterocycles. The Kier molecular flexibility index (Phi) is 7.03. The number of rotatable bonds is 8. The van der Waals surface area contributed by atoms with Gasteiger partial charge in [-0.25, -0.2) is 4.39 Å². The Hall–Kier alpha value is -3.19. The molecule has 180 valence electrons. The molecule has 2 aromatic rings. The largest absolute Gasteiger partial charge is 0.369 e. The number of carbonyl (C=O) groups excluding carboxylic acids is 2. The molecule has 3 unspecified atom stereocenters. The molecule has 1 heterocycles. The van der Waals surface area contributed by atoms with Crippen molar-refractivity contribution in [3.63, 3.8) is 0 Å². The van der Waals surface area contributed by atoms with Crippen LogP contribution in [0, 0.1) is 12.7 Å². The Morgan fingerprint density at radius 2 is 1.88 bits per heavy atom. The van der Waals surface area contributed by atoms with E-state index in [2.05, 4.69) is 16.0 Å². The first-order chi connectivity index (χ1) is 16.3. The number of halogens is 1. The molecule has 7 heteroatoms. The molecule has 2 amide bonds. The van der Waals surface area contributed by atoms with Crippen molar-refractivity contribution in [3.8, 4) is 0 Å². The zero-order chi connectivity index (χ0) is 24.4. The van der Waals surface area contributed by atoms with Crippen LogP contribution in [0.1, 0.15) is 54.1 Å². The zero-order valence-electron chi connectivity index (χ0n) is 20.2. The van der Waals surface area contributed by atoms with Crippen molar-refractivity contribution in [1.82, 2.24) is 20.9 Å². The third kappa shape index (κ3) is 4.85. The van der Waals surface area contributed by atoms with Crippen molar-refractivity contribution < 1.29 is 14.0 Å². The van der Waals surface area contributed by atoms with Crippen molar-refractivity contribution >= 4 is 11.8 Å². The van der Waals surface area contributed by atoms with E-state index < -0.39 is 12.0 Å². The van der Waals surface area contributed by atoms with E-state index in [1.807, 2.05) is 40.0 Å². The van der Waals surface area contributed by atoms with Gasteiger partial charge in [0.1, 0.15) is 17.7 Å². The average Bonchev–Trinajstić information content (AvgIpc) is 3.65. The van der Waals surface area contributed by atoms with E-state index in [0.29, 0.717) is 18.2 Å². The van der Waals surface area contributed by atoms with Gasteiger partial charge in [-0.3, -0.25) is 14.5 Å². The maximum absolute atomic E-state index is 13.9. The minimum atomic E-state index is -0.825. The molecule has 1 fully saturated rings. The van der Waals surface area contributed by atoms with Gasteiger partial charge in [0.2, 0.25) is 0 Å². The Bertz CT molecular complexity index is 1090. The van der Waals surface area contributed by atoms with Crippen molar-refractivity contribution in [2.45, 2.75) is 57.7 Å². The van der Waals surface area contributed by atoms with Crippen LogP contribution in [0.5, 0.6) is 0 Å². The summed E-state index contributed by atoms with van der Waals surface area (Å²) in [5, 5.41) is 9.92. The van der Waals surface area contributed by atoms with Gasteiger partial charge in [0.15, 0.2) is 0 Å². The Balaban J connectivity index is 1.83. The molecule has 0 aromatic heterocycles. The molecule has 0 bridgehead atoms. The summed E-state index contributed by atoms with van der Waals surface area (Å²) >= 11 is 0. The number of benzene rings is 2. The standard InChI is InChI=1S/C27H33FN4O2/c1-5-32-25(30-21-13-14-21)22(17(3)29-4)23(18-9-11-20(28)12-10-18)24(27(32)34)31-26(33)19-8-6-7-16(2)15-19/h6-12,15,17,21,23-24,29-30H,5,13-14H2,1-4H3,(H,31,33). The average molecular weight is 465 g/mol. The van der Waals surface area contributed by atoms with Gasteiger partial charge in [-0.1, -0.05) is 29.8 Å². The lowest BCUT2D eigenvalue weighted by Crippen LogP contribution is -2.58. The fraction of sp³-hybridized carbons (Fsp3) is 0.407. The highest BCUT2D eigenvalue weighted by molar-refractivity contribution is 5.99. The number of aryl methyl sites for hydroxylation is 1. The van der Waals surface area contributed by atoms with Crippen molar-refractivity contribution in [2.24, 2.45) is 0 Å². The van der Waals surface area contributed by atoms with E-state index in [0.717, 1.165) is 35.4 Å². The second-order valence-corrected chi connectivity index (χ2v) is 9.17. The molecule has 3 atom stereocenters. The van der Waals surface area contributed by atoms with Gasteiger partial charge in [-0.2, -0.15) is 0 Å². The Morgan fingerprint density at radius 1 is 1.18 bits per heavy atom. The normalized spacial score (nSPS) is 21.4. The lowest BCUT2D eigenvalue weighted by Gasteiger charge is -2.43. The van der Waals surface area contributed by atoms with E-state index >= 15 is 0 Å². The van der Waals surface area contributed by atoms with Crippen LogP contribution in [0.25, 0.3) is 0 Å². The molecular weight excluding hydrogens is 431 g/mol. The minimum Gasteiger partial charge on any atom is -0.369 e. The summed E-state index contributed by atoms with van der Waals surface area (Å²) in [6.07, 6.45) is 2.12. The molecule has 2 aliphatic rings. The molecule has 0 radical (unpaired) electrons. The van der Waals surface area contributed by atoms with E-state index in [1.54, 1.807) is 29.2 Å². The summed E-state index contributed by atoms with van der Waals surface area (Å²) in [4.78, 5) is 28.9. The predicted molar refractivity (Wildman–Crippen MR) is 131 cm³/mol. The molecule has 0 saturated heterocycles. The number of nitrogens with one attached hydrogen (secondary N) is 3. The van der Waals surface area contributed by atoms with Gasteiger partial charge in [0.05, 0.1) is 0 Å². The maximum atomic E-state index is 13.9. The lowest BCUT2D eigenvalue weighted by molar-refractivity contribution is -0.133. The van der Waals surface area contributed by atoms with Crippen molar-refractivity contribution in [1.29, 1.82) is 0 Å². The number of nitrogens with zero attached hydrogens (tertiary/aromatic N) is 1. The summed E-state index contributed by atoms with van der Waals surface area (Å²) in [5.74, 6) is -0.473. The Morgan fingerprint density at radius 3 is 2.47 bits per heavy atom. The zero-order valence-corrected chi connectivity index (χ0v) is 20.2. The molecule has 1 aliphatic carbocycles. The van der Waals surface area contributed by atoms with Crippen LogP contribution in [0.15, 0.2) is 59.9 Å². The van der Waals surface area contributed by atoms with Crippen LogP contribution in [-0.2, 0) is 4.79 Å². The van der Waals surface area contributed by atoms with Crippen LogP contribution in [-0.4, -0.2) is 48.4 Å². The van der Waals surface area contributed by atoms with E-state index in [9.17, 15) is 14.0 Å². The van der Waals surface area contributed by atoms with Crippen LogP contribution < -0.4 is 16.0 Å². The molecule has 6 nitrogen and oxygen atoms in total. The second kappa shape index (κ2) is 9.97. The van der Waals surface area contributed by atoms with E-state index in [1.165, 1.54) is 12.1 Å². The molecule has 34 heavy (non-hydrogen) atoms. The molecule has 3 N–H and O–H groups in total. The molecule has 0 spiro atoms. The fourth-order valence-electron chi connectivity index (χ4n) is 4.63. The first kappa shape index (κ1) is 24.0. The first-order valence-corrected chi connectivity index (χ1v) is 12.0. The summed E-state index contributed by atoms with van der Waals surface area (Å²) in [6.45, 7) is 6.38. The number of hydrogen-bond donors (Lipinski definition) is 3. The number of likely N-dealkylation sites (N-methyl/N-ethyl adjacent to an activating group) is 2. The summed E-state index contributed by atoms with van der Waals surface area (Å²) in [6, 6.07) is 12.9. The lowest BCUT2D eigenvalue weighted by atomic mass is 9.78. The quantitative estimate of drug-likeness (QED) is 0.560. The van der Waals surface area contributed by atoms with Gasteiger partial charge < -0.3 is 16.0 Å². The van der Waals surface area contributed by atoms with Crippen LogP contribution in [0.3, 0.4) is 0 Å². The van der Waals surface area contributed by atoms with Crippen LogP contribution in [0.2, 0.25) is 0 Å². The first-order valence-electron chi connectivity index (χ1n) is 12.0. The van der Waals surface area contributed by atoms with Crippen molar-refractivity contribution in [3.05, 3.63) is 82.4 Å². The third-order valence-electron chi connectivity index (χ3n) is 6.67. The number of carbonyl (C=O) groups is 2. The summed E-state index contributed by atoms with van der Waals surface area (Å²) in [7, 11) is 1.88. The third-order valence-corrected chi connectivity index (χ3v) is 6.67. The SMILES string of the molecule is CCN1C(=O)C(NC(=O)c2cccc(C)c2)C(c2ccc(F)cc2)C(C(C)NC)=C1NC1CC1. The monoisotopic (exact) mass is 464 g/mol. The molecule has 2 aromatic carbocycles. The highest BCUT2D eigenvalue weighted by atomic mass is 19.1. The highest BCUT2D eigenvalue weighted by Gasteiger charge is 2.45. The molecule has 1 saturated carbocycles. The highest BCUT2D eigenvalue weighted by Crippen LogP contribution is 2.39. The minimum absolute atomic E-state index is 0.0863. The van der Waals surface area contributed by atoms with Gasteiger partial charge >= 0.3 is 0 Å². The number of amides is 2. The fourth-order valence-corrected chi connectivity index (χ4v) is 4.63. The summed E-state index contributed by atoms with van der Waals surface area (Å²) < 4.78 is 13.8. The van der Waals surface area contributed by atoms with Gasteiger partial charge in [-0.15, -0.1) is 0 Å². The van der Waals surface area contributed by atoms with Crippen molar-refractivity contribution in [2.75, 3.05) is 13.6 Å². The molecular formula is C27H33FN4O2. The van der Waals surface area contributed by atoms with Gasteiger partial charge in [0, 0.05) is 30.1 Å². The van der Waals surface area contributed by atoms with E-state index in [4.69, 9.17) is 0 Å². The van der Waals surface area contributed by atoms with Gasteiger partial charge in [0.25, 0.3) is 11.8 Å². The Labute approximate surface area is 200 Å². The summed E-state index contributed by atoms with van der Waals surface area (Å²) in [5.41, 5.74) is 3.24. The van der Waals surface area contributed by atoms with Gasteiger partial charge in [-0.05, 0) is 76.1 Å². The topological polar surface area (TPSA) is 73.5 Å². The van der Waals surface area contributed by atoms with E-state index in [-0.39, 0.29) is 23.7 Å². The molecule has 4 rings (SSSR count). The predicted octanol–water partition coefficient (Wildman–Crippen LogP) is 3.45. The smallest absolute Gasteiger partial charge is 0.251 e. The van der Waals surface area contributed by atoms with Crippen LogP contribution >= 0.6 is 0 Å². The number of hydrogen-bond acceptors (Lipinski definition) is 4. The van der Waals surface area contributed by atoms with Crippen LogP contribution in [0.4, 0.5) is 4.39 Å². The maximum Gasteiger partial charge on any atom is 0.251 e.